The standard InChI is InChI=1S/C15H19NO3/c1-7-11(15(17)18)5-10(19-7)6-16-14-12-8-2-3-9(4-8)13(12)14/h5,8-9,12-14,16H,2-4,6H2,1H3,(H,17,18). The van der Waals surface area contributed by atoms with Crippen LogP contribution in [-0.4, -0.2) is 17.1 Å². The van der Waals surface area contributed by atoms with Crippen LogP contribution in [0.15, 0.2) is 10.5 Å². The molecule has 0 aliphatic heterocycles. The van der Waals surface area contributed by atoms with Crippen molar-refractivity contribution in [1.29, 1.82) is 0 Å². The topological polar surface area (TPSA) is 62.5 Å². The molecule has 4 atom stereocenters. The van der Waals surface area contributed by atoms with Crippen molar-refractivity contribution in [2.24, 2.45) is 23.7 Å². The first-order valence-electron chi connectivity index (χ1n) is 7.21. The van der Waals surface area contributed by atoms with E-state index in [4.69, 9.17) is 9.52 Å². The number of carbonyl (C=O) groups is 1. The molecule has 0 spiro atoms. The molecule has 0 amide bonds. The van der Waals surface area contributed by atoms with Crippen LogP contribution in [0.4, 0.5) is 0 Å². The molecule has 3 aliphatic carbocycles. The third-order valence-corrected chi connectivity index (χ3v) is 5.45. The third kappa shape index (κ3) is 1.66. The number of nitrogens with one attached hydrogen (secondary N) is 1. The van der Waals surface area contributed by atoms with Crippen LogP contribution in [0.25, 0.3) is 0 Å². The average Bonchev–Trinajstić information content (AvgIpc) is 2.74. The molecule has 0 aromatic carbocycles. The lowest BCUT2D eigenvalue weighted by atomic mass is 10.0. The normalized spacial score (nSPS) is 38.5. The minimum absolute atomic E-state index is 0.285. The summed E-state index contributed by atoms with van der Waals surface area (Å²) >= 11 is 0. The lowest BCUT2D eigenvalue weighted by molar-refractivity contribution is 0.0695. The number of carboxylic acids is 1. The van der Waals surface area contributed by atoms with E-state index in [1.165, 1.54) is 19.3 Å². The van der Waals surface area contributed by atoms with E-state index >= 15 is 0 Å². The van der Waals surface area contributed by atoms with Crippen LogP contribution < -0.4 is 5.32 Å². The minimum Gasteiger partial charge on any atom is -0.478 e. The molecule has 2 bridgehead atoms. The minimum atomic E-state index is -0.908. The van der Waals surface area contributed by atoms with Crippen LogP contribution >= 0.6 is 0 Å². The van der Waals surface area contributed by atoms with Crippen LogP contribution in [0.5, 0.6) is 0 Å². The molecule has 2 N–H and O–H groups in total. The van der Waals surface area contributed by atoms with Crippen molar-refractivity contribution in [2.75, 3.05) is 0 Å². The highest BCUT2D eigenvalue weighted by Crippen LogP contribution is 2.65. The van der Waals surface area contributed by atoms with Gasteiger partial charge in [0.25, 0.3) is 0 Å². The number of rotatable bonds is 4. The predicted octanol–water partition coefficient (Wildman–Crippen LogP) is 2.42. The zero-order chi connectivity index (χ0) is 13.1. The van der Waals surface area contributed by atoms with Gasteiger partial charge in [-0.15, -0.1) is 0 Å². The van der Waals surface area contributed by atoms with Gasteiger partial charge in [0.15, 0.2) is 0 Å². The number of aromatic carboxylic acids is 1. The molecule has 1 heterocycles. The first-order chi connectivity index (χ1) is 9.15. The first-order valence-corrected chi connectivity index (χ1v) is 7.21. The molecule has 1 aromatic heterocycles. The number of furan rings is 1. The largest absolute Gasteiger partial charge is 0.478 e. The highest BCUT2D eigenvalue weighted by Gasteiger charge is 2.64. The summed E-state index contributed by atoms with van der Waals surface area (Å²) in [5.74, 6) is 4.05. The molecule has 4 unspecified atom stereocenters. The van der Waals surface area contributed by atoms with Gasteiger partial charge in [-0.2, -0.15) is 0 Å². The van der Waals surface area contributed by atoms with Crippen LogP contribution in [0.2, 0.25) is 0 Å². The summed E-state index contributed by atoms with van der Waals surface area (Å²) in [5.41, 5.74) is 0.285. The fourth-order valence-corrected chi connectivity index (χ4v) is 4.66. The second-order valence-electron chi connectivity index (χ2n) is 6.38. The zero-order valence-corrected chi connectivity index (χ0v) is 11.1. The monoisotopic (exact) mass is 261 g/mol. The molecular formula is C15H19NO3. The van der Waals surface area contributed by atoms with Crippen molar-refractivity contribution < 1.29 is 14.3 Å². The maximum absolute atomic E-state index is 11.0. The highest BCUT2D eigenvalue weighted by atomic mass is 16.4. The predicted molar refractivity (Wildman–Crippen MR) is 68.8 cm³/mol. The van der Waals surface area contributed by atoms with Gasteiger partial charge in [-0.05, 0) is 55.9 Å². The van der Waals surface area contributed by atoms with Crippen molar-refractivity contribution in [3.63, 3.8) is 0 Å². The molecule has 1 aromatic rings. The number of hydrogen-bond donors (Lipinski definition) is 2. The Bertz CT molecular complexity index is 519. The van der Waals surface area contributed by atoms with E-state index in [1.54, 1.807) is 13.0 Å². The van der Waals surface area contributed by atoms with Gasteiger partial charge >= 0.3 is 5.97 Å². The fraction of sp³-hybridized carbons (Fsp3) is 0.667. The van der Waals surface area contributed by atoms with E-state index in [2.05, 4.69) is 5.32 Å². The Kier molecular flexibility index (Phi) is 2.34. The second-order valence-corrected chi connectivity index (χ2v) is 6.38. The van der Waals surface area contributed by atoms with Crippen LogP contribution in [0.3, 0.4) is 0 Å². The quantitative estimate of drug-likeness (QED) is 0.873. The van der Waals surface area contributed by atoms with Crippen molar-refractivity contribution in [1.82, 2.24) is 5.32 Å². The lowest BCUT2D eigenvalue weighted by Crippen LogP contribution is -2.22. The zero-order valence-electron chi connectivity index (χ0n) is 11.1. The number of aryl methyl sites for hydroxylation is 1. The first kappa shape index (κ1) is 11.5. The molecule has 3 saturated carbocycles. The summed E-state index contributed by atoms with van der Waals surface area (Å²) in [6.45, 7) is 2.37. The van der Waals surface area contributed by atoms with Gasteiger partial charge in [0.1, 0.15) is 17.1 Å². The van der Waals surface area contributed by atoms with Crippen molar-refractivity contribution >= 4 is 5.97 Å². The van der Waals surface area contributed by atoms with E-state index < -0.39 is 5.97 Å². The van der Waals surface area contributed by atoms with Crippen molar-refractivity contribution in [3.8, 4) is 0 Å². The number of fused-ring (bicyclic) bond motifs is 5. The maximum Gasteiger partial charge on any atom is 0.339 e. The van der Waals surface area contributed by atoms with E-state index in [9.17, 15) is 4.79 Å². The number of carboxylic acid groups (broad SMARTS) is 1. The Morgan fingerprint density at radius 2 is 2.11 bits per heavy atom. The van der Waals surface area contributed by atoms with Crippen LogP contribution in [-0.2, 0) is 6.54 Å². The van der Waals surface area contributed by atoms with Gasteiger partial charge in [-0.25, -0.2) is 4.79 Å². The summed E-state index contributed by atoms with van der Waals surface area (Å²) in [6.07, 6.45) is 4.30. The van der Waals surface area contributed by atoms with E-state index in [0.717, 1.165) is 29.4 Å². The molecule has 0 radical (unpaired) electrons. The molecule has 0 saturated heterocycles. The van der Waals surface area contributed by atoms with Gasteiger partial charge in [0.05, 0.1) is 6.54 Å². The van der Waals surface area contributed by atoms with Crippen LogP contribution in [0, 0.1) is 30.6 Å². The summed E-state index contributed by atoms with van der Waals surface area (Å²) in [6, 6.07) is 2.31. The Morgan fingerprint density at radius 1 is 1.42 bits per heavy atom. The molecular weight excluding hydrogens is 242 g/mol. The van der Waals surface area contributed by atoms with Gasteiger partial charge in [-0.3, -0.25) is 0 Å². The summed E-state index contributed by atoms with van der Waals surface area (Å²) < 4.78 is 5.50. The summed E-state index contributed by atoms with van der Waals surface area (Å²) in [5, 5.41) is 12.6. The third-order valence-electron chi connectivity index (χ3n) is 5.45. The molecule has 3 aliphatic rings. The van der Waals surface area contributed by atoms with Crippen LogP contribution in [0.1, 0.15) is 41.1 Å². The number of hydrogen-bond acceptors (Lipinski definition) is 3. The van der Waals surface area contributed by atoms with Gasteiger partial charge < -0.3 is 14.8 Å². The lowest BCUT2D eigenvalue weighted by Gasteiger charge is -2.09. The van der Waals surface area contributed by atoms with Gasteiger partial charge in [0, 0.05) is 6.04 Å². The van der Waals surface area contributed by atoms with Gasteiger partial charge in [-0.1, -0.05) is 0 Å². The van der Waals surface area contributed by atoms with Gasteiger partial charge in [0.2, 0.25) is 0 Å². The Morgan fingerprint density at radius 3 is 2.68 bits per heavy atom. The van der Waals surface area contributed by atoms with E-state index in [1.807, 2.05) is 0 Å². The Labute approximate surface area is 112 Å². The highest BCUT2D eigenvalue weighted by molar-refractivity contribution is 5.88. The Balaban J connectivity index is 1.39. The van der Waals surface area contributed by atoms with E-state index in [-0.39, 0.29) is 5.56 Å². The summed E-state index contributed by atoms with van der Waals surface area (Å²) in [7, 11) is 0. The van der Waals surface area contributed by atoms with Crippen molar-refractivity contribution in [3.05, 3.63) is 23.2 Å². The fourth-order valence-electron chi connectivity index (χ4n) is 4.66. The molecule has 4 nitrogen and oxygen atoms in total. The second kappa shape index (κ2) is 3.85. The molecule has 3 fully saturated rings. The molecule has 19 heavy (non-hydrogen) atoms. The van der Waals surface area contributed by atoms with E-state index in [0.29, 0.717) is 18.3 Å². The Hall–Kier alpha value is -1.29. The summed E-state index contributed by atoms with van der Waals surface area (Å²) in [4.78, 5) is 11.0. The maximum atomic E-state index is 11.0. The molecule has 4 heteroatoms. The molecule has 4 rings (SSSR count). The SMILES string of the molecule is Cc1oc(CNC2C3C4CCC(C4)C23)cc1C(=O)O. The smallest absolute Gasteiger partial charge is 0.339 e. The molecule has 102 valence electrons. The van der Waals surface area contributed by atoms with Crippen molar-refractivity contribution in [2.45, 2.75) is 38.8 Å². The average molecular weight is 261 g/mol.